The van der Waals surface area contributed by atoms with Crippen LogP contribution in [0.15, 0.2) is 60.7 Å². The summed E-state index contributed by atoms with van der Waals surface area (Å²) >= 11 is 0. The summed E-state index contributed by atoms with van der Waals surface area (Å²) in [5.74, 6) is 0.523. The third-order valence-corrected chi connectivity index (χ3v) is 9.06. The number of hydrogen-bond donors (Lipinski definition) is 3. The molecule has 2 aromatic rings. The summed E-state index contributed by atoms with van der Waals surface area (Å²) in [7, 11) is 0. The number of rotatable bonds is 4. The van der Waals surface area contributed by atoms with Crippen molar-refractivity contribution >= 4 is 0 Å². The van der Waals surface area contributed by atoms with Gasteiger partial charge in [-0.15, -0.1) is 0 Å². The molecular formula is C29H39NO3. The molecule has 33 heavy (non-hydrogen) atoms. The minimum absolute atomic E-state index is 0.150. The van der Waals surface area contributed by atoms with Crippen molar-refractivity contribution in [3.63, 3.8) is 0 Å². The van der Waals surface area contributed by atoms with Gasteiger partial charge in [-0.3, -0.25) is 4.90 Å². The Kier molecular flexibility index (Phi) is 6.39. The van der Waals surface area contributed by atoms with Gasteiger partial charge in [-0.1, -0.05) is 67.6 Å². The van der Waals surface area contributed by atoms with Crippen LogP contribution in [0.5, 0.6) is 0 Å². The standard InChI is InChI=1S/C29H39NO3/c1-28-19-24(23-11-6-3-7-12-23)30(26(28)14-8-13-25(31)27(28)32)20-29(33)17-15-22(16-18-29)21-9-4-2-5-10-21/h2-7,9-12,22,24-27,31-33H,8,13-20H2,1H3/t22?,24-,25+,26-,27+,28-,29?/m1/s1. The van der Waals surface area contributed by atoms with E-state index in [1.165, 1.54) is 11.1 Å². The first-order valence-corrected chi connectivity index (χ1v) is 12.8. The predicted molar refractivity (Wildman–Crippen MR) is 131 cm³/mol. The van der Waals surface area contributed by atoms with Gasteiger partial charge < -0.3 is 15.3 Å². The normalized spacial score (nSPS) is 39.7. The average molecular weight is 450 g/mol. The monoisotopic (exact) mass is 449 g/mol. The zero-order valence-corrected chi connectivity index (χ0v) is 19.8. The van der Waals surface area contributed by atoms with Gasteiger partial charge in [0.1, 0.15) is 0 Å². The Morgan fingerprint density at radius 2 is 1.45 bits per heavy atom. The predicted octanol–water partition coefficient (Wildman–Crippen LogP) is 4.80. The molecule has 1 saturated heterocycles. The second kappa shape index (κ2) is 9.14. The Labute approximate surface area is 198 Å². The van der Waals surface area contributed by atoms with Crippen molar-refractivity contribution in [1.29, 1.82) is 0 Å². The number of hydrogen-bond acceptors (Lipinski definition) is 4. The van der Waals surface area contributed by atoms with Crippen molar-refractivity contribution in [2.75, 3.05) is 6.54 Å². The minimum atomic E-state index is -0.732. The van der Waals surface area contributed by atoms with Crippen molar-refractivity contribution < 1.29 is 15.3 Å². The molecule has 0 spiro atoms. The molecule has 3 fully saturated rings. The van der Waals surface area contributed by atoms with Crippen molar-refractivity contribution in [2.24, 2.45) is 5.41 Å². The van der Waals surface area contributed by atoms with Gasteiger partial charge in [0.05, 0.1) is 17.8 Å². The molecule has 3 N–H and O–H groups in total. The van der Waals surface area contributed by atoms with Crippen LogP contribution in [0.4, 0.5) is 0 Å². The molecule has 4 heteroatoms. The molecule has 0 aromatic heterocycles. The van der Waals surface area contributed by atoms with E-state index in [1.807, 2.05) is 6.07 Å². The summed E-state index contributed by atoms with van der Waals surface area (Å²) in [4.78, 5) is 2.50. The van der Waals surface area contributed by atoms with Gasteiger partial charge in [0.15, 0.2) is 0 Å². The maximum atomic E-state index is 11.8. The number of aliphatic hydroxyl groups is 3. The average Bonchev–Trinajstić information content (AvgIpc) is 3.06. The first-order valence-electron chi connectivity index (χ1n) is 12.8. The van der Waals surface area contributed by atoms with E-state index in [9.17, 15) is 15.3 Å². The highest BCUT2D eigenvalue weighted by atomic mass is 16.3. The summed E-state index contributed by atoms with van der Waals surface area (Å²) in [5, 5.41) is 33.5. The second-order valence-corrected chi connectivity index (χ2v) is 11.2. The van der Waals surface area contributed by atoms with E-state index in [0.717, 1.165) is 44.9 Å². The van der Waals surface area contributed by atoms with Crippen LogP contribution in [0.25, 0.3) is 0 Å². The Balaban J connectivity index is 1.39. The van der Waals surface area contributed by atoms with Crippen LogP contribution < -0.4 is 0 Å². The maximum Gasteiger partial charge on any atom is 0.0868 e. The molecule has 0 amide bonds. The van der Waals surface area contributed by atoms with E-state index in [0.29, 0.717) is 18.9 Å². The molecule has 2 aromatic carbocycles. The van der Waals surface area contributed by atoms with E-state index in [-0.39, 0.29) is 17.5 Å². The van der Waals surface area contributed by atoms with Crippen LogP contribution in [0, 0.1) is 5.41 Å². The zero-order valence-electron chi connectivity index (χ0n) is 19.8. The Morgan fingerprint density at radius 3 is 2.09 bits per heavy atom. The second-order valence-electron chi connectivity index (χ2n) is 11.2. The van der Waals surface area contributed by atoms with Crippen LogP contribution >= 0.6 is 0 Å². The molecular weight excluding hydrogens is 410 g/mol. The van der Waals surface area contributed by atoms with Crippen molar-refractivity contribution in [3.05, 3.63) is 71.8 Å². The highest BCUT2D eigenvalue weighted by Crippen LogP contribution is 2.54. The van der Waals surface area contributed by atoms with Gasteiger partial charge in [-0.05, 0) is 68.4 Å². The smallest absolute Gasteiger partial charge is 0.0868 e. The number of likely N-dealkylation sites (tertiary alicyclic amines) is 1. The van der Waals surface area contributed by atoms with Crippen molar-refractivity contribution in [3.8, 4) is 0 Å². The van der Waals surface area contributed by atoms with Crippen LogP contribution in [-0.4, -0.2) is 50.6 Å². The quantitative estimate of drug-likeness (QED) is 0.627. The molecule has 5 rings (SSSR count). The molecule has 178 valence electrons. The summed E-state index contributed by atoms with van der Waals surface area (Å²) < 4.78 is 0. The molecule has 2 saturated carbocycles. The number of fused-ring (bicyclic) bond motifs is 1. The molecule has 1 aliphatic heterocycles. The lowest BCUT2D eigenvalue weighted by Crippen LogP contribution is -2.52. The lowest BCUT2D eigenvalue weighted by Gasteiger charge is -2.44. The highest BCUT2D eigenvalue weighted by molar-refractivity contribution is 5.25. The summed E-state index contributed by atoms with van der Waals surface area (Å²) in [5.41, 5.74) is 1.54. The van der Waals surface area contributed by atoms with Crippen LogP contribution in [0.3, 0.4) is 0 Å². The summed E-state index contributed by atoms with van der Waals surface area (Å²) in [6, 6.07) is 21.6. The van der Waals surface area contributed by atoms with Gasteiger partial charge in [-0.25, -0.2) is 0 Å². The number of aliphatic hydroxyl groups excluding tert-OH is 2. The Morgan fingerprint density at radius 1 is 0.848 bits per heavy atom. The first kappa shape index (κ1) is 23.0. The molecule has 2 aliphatic carbocycles. The molecule has 1 heterocycles. The van der Waals surface area contributed by atoms with Gasteiger partial charge in [0.2, 0.25) is 0 Å². The largest absolute Gasteiger partial charge is 0.390 e. The fourth-order valence-electron chi connectivity index (χ4n) is 7.11. The van der Waals surface area contributed by atoms with E-state index in [1.54, 1.807) is 0 Å². The summed E-state index contributed by atoms with van der Waals surface area (Å²) in [6.07, 6.45) is 5.55. The maximum absolute atomic E-state index is 11.8. The third-order valence-electron chi connectivity index (χ3n) is 9.06. The molecule has 0 bridgehead atoms. The third kappa shape index (κ3) is 4.39. The molecule has 0 radical (unpaired) electrons. The highest BCUT2D eigenvalue weighted by Gasteiger charge is 2.56. The SMILES string of the molecule is C[C@@]12C[C@H](c3ccccc3)N(CC3(O)CCC(c4ccccc4)CC3)[C@@H]1CCC[C@H](O)[C@@H]2O. The lowest BCUT2D eigenvalue weighted by atomic mass is 9.74. The van der Waals surface area contributed by atoms with Gasteiger partial charge >= 0.3 is 0 Å². The summed E-state index contributed by atoms with van der Waals surface area (Å²) in [6.45, 7) is 2.79. The topological polar surface area (TPSA) is 63.9 Å². The Hall–Kier alpha value is -1.72. The van der Waals surface area contributed by atoms with Gasteiger partial charge in [0.25, 0.3) is 0 Å². The minimum Gasteiger partial charge on any atom is -0.390 e. The number of β-amino-alcohol motifs (C(OH)–C–C–N with tert-alkyl or cyclic N) is 1. The Bertz CT molecular complexity index is 911. The van der Waals surface area contributed by atoms with Crippen LogP contribution in [0.2, 0.25) is 0 Å². The first-order chi connectivity index (χ1) is 15.9. The molecule has 3 aliphatic rings. The molecule has 0 unspecified atom stereocenters. The fraction of sp³-hybridized carbons (Fsp3) is 0.586. The molecule has 4 nitrogen and oxygen atoms in total. The lowest BCUT2D eigenvalue weighted by molar-refractivity contribution is -0.0751. The van der Waals surface area contributed by atoms with Gasteiger partial charge in [-0.2, -0.15) is 0 Å². The van der Waals surface area contributed by atoms with Gasteiger partial charge in [0, 0.05) is 24.0 Å². The number of benzene rings is 2. The fourth-order valence-corrected chi connectivity index (χ4v) is 7.11. The van der Waals surface area contributed by atoms with Crippen molar-refractivity contribution in [1.82, 2.24) is 4.90 Å². The number of nitrogens with zero attached hydrogens (tertiary/aromatic N) is 1. The van der Waals surface area contributed by atoms with Crippen molar-refractivity contribution in [2.45, 2.75) is 94.1 Å². The van der Waals surface area contributed by atoms with Crippen LogP contribution in [-0.2, 0) is 0 Å². The van der Waals surface area contributed by atoms with Crippen LogP contribution in [0.1, 0.15) is 81.4 Å². The van der Waals surface area contributed by atoms with E-state index >= 15 is 0 Å². The van der Waals surface area contributed by atoms with E-state index < -0.39 is 17.8 Å². The zero-order chi connectivity index (χ0) is 23.1. The van der Waals surface area contributed by atoms with E-state index in [2.05, 4.69) is 66.4 Å². The van der Waals surface area contributed by atoms with E-state index in [4.69, 9.17) is 0 Å². The molecule has 5 atom stereocenters.